The first kappa shape index (κ1) is 23.9. The zero-order valence-corrected chi connectivity index (χ0v) is 18.2. The molecule has 0 radical (unpaired) electrons. The SMILES string of the molecule is CC(=O)Nc1ccc(S(=O)(=O)N2CCC(N(C)CCC(C)C)CC2)cc1.[Cl-]. The molecule has 1 aromatic carbocycles. The van der Waals surface area contributed by atoms with Gasteiger partial charge in [-0.2, -0.15) is 4.31 Å². The average molecular weight is 417 g/mol. The summed E-state index contributed by atoms with van der Waals surface area (Å²) in [6.45, 7) is 8.02. The van der Waals surface area contributed by atoms with E-state index in [1.54, 1.807) is 28.6 Å². The summed E-state index contributed by atoms with van der Waals surface area (Å²) in [4.78, 5) is 13.7. The van der Waals surface area contributed by atoms with Gasteiger partial charge in [0.05, 0.1) is 4.90 Å². The quantitative estimate of drug-likeness (QED) is 0.667. The molecular weight excluding hydrogens is 386 g/mol. The number of rotatable bonds is 7. The molecule has 0 unspecified atom stereocenters. The Hall–Kier alpha value is -1.15. The van der Waals surface area contributed by atoms with E-state index in [0.717, 1.165) is 25.8 Å². The highest BCUT2D eigenvalue weighted by Crippen LogP contribution is 2.24. The highest BCUT2D eigenvalue weighted by atomic mass is 35.5. The molecule has 0 aromatic heterocycles. The smallest absolute Gasteiger partial charge is 0.243 e. The molecule has 0 aliphatic carbocycles. The number of benzene rings is 1. The molecule has 1 N–H and O–H groups in total. The van der Waals surface area contributed by atoms with Crippen LogP contribution >= 0.6 is 0 Å². The minimum atomic E-state index is -3.48. The summed E-state index contributed by atoms with van der Waals surface area (Å²) in [5.74, 6) is 0.502. The van der Waals surface area contributed by atoms with E-state index in [4.69, 9.17) is 0 Å². The molecule has 0 bridgehead atoms. The predicted octanol–water partition coefficient (Wildman–Crippen LogP) is -0.220. The zero-order valence-electron chi connectivity index (χ0n) is 16.6. The second kappa shape index (κ2) is 10.4. The van der Waals surface area contributed by atoms with Gasteiger partial charge in [0.1, 0.15) is 0 Å². The van der Waals surface area contributed by atoms with Gasteiger partial charge in [-0.05, 0) is 63.0 Å². The van der Waals surface area contributed by atoms with Crippen LogP contribution in [-0.2, 0) is 14.8 Å². The van der Waals surface area contributed by atoms with E-state index in [-0.39, 0.29) is 23.2 Å². The van der Waals surface area contributed by atoms with Gasteiger partial charge in [0.2, 0.25) is 15.9 Å². The Kier molecular flexibility index (Phi) is 9.21. The van der Waals surface area contributed by atoms with Crippen LogP contribution in [0.4, 0.5) is 5.69 Å². The van der Waals surface area contributed by atoms with E-state index in [2.05, 4.69) is 31.1 Å². The van der Waals surface area contributed by atoms with Crippen LogP contribution in [0.3, 0.4) is 0 Å². The number of amides is 1. The van der Waals surface area contributed by atoms with E-state index >= 15 is 0 Å². The Morgan fingerprint density at radius 3 is 2.26 bits per heavy atom. The molecule has 1 saturated heterocycles. The maximum absolute atomic E-state index is 12.8. The Morgan fingerprint density at radius 2 is 1.78 bits per heavy atom. The molecule has 1 aliphatic rings. The Balaban J connectivity index is 0.00000364. The first-order valence-corrected chi connectivity index (χ1v) is 10.7. The van der Waals surface area contributed by atoms with Gasteiger partial charge in [-0.1, -0.05) is 13.8 Å². The predicted molar refractivity (Wildman–Crippen MR) is 105 cm³/mol. The third-order valence-electron chi connectivity index (χ3n) is 4.92. The number of hydrogen-bond acceptors (Lipinski definition) is 4. The molecular formula is C19H31ClN3O3S-. The summed E-state index contributed by atoms with van der Waals surface area (Å²) in [6.07, 6.45) is 2.88. The summed E-state index contributed by atoms with van der Waals surface area (Å²) in [5.41, 5.74) is 0.599. The summed E-state index contributed by atoms with van der Waals surface area (Å²) in [7, 11) is -1.34. The molecule has 2 rings (SSSR count). The normalized spacial score (nSPS) is 16.4. The number of nitrogens with zero attached hydrogens (tertiary/aromatic N) is 2. The van der Waals surface area contributed by atoms with Crippen LogP contribution in [0.15, 0.2) is 29.2 Å². The highest BCUT2D eigenvalue weighted by Gasteiger charge is 2.30. The molecule has 8 heteroatoms. The van der Waals surface area contributed by atoms with Gasteiger partial charge < -0.3 is 22.6 Å². The Labute approximate surface area is 169 Å². The van der Waals surface area contributed by atoms with Gasteiger partial charge in [0.15, 0.2) is 0 Å². The van der Waals surface area contributed by atoms with E-state index in [1.807, 2.05) is 0 Å². The molecule has 0 saturated carbocycles. The molecule has 6 nitrogen and oxygen atoms in total. The van der Waals surface area contributed by atoms with Gasteiger partial charge in [0.25, 0.3) is 0 Å². The molecule has 0 atom stereocenters. The lowest BCUT2D eigenvalue weighted by molar-refractivity contribution is -0.114. The van der Waals surface area contributed by atoms with Crippen LogP contribution < -0.4 is 17.7 Å². The molecule has 1 aromatic rings. The van der Waals surface area contributed by atoms with Crippen molar-refractivity contribution in [2.45, 2.75) is 51.0 Å². The van der Waals surface area contributed by atoms with E-state index in [9.17, 15) is 13.2 Å². The zero-order chi connectivity index (χ0) is 19.3. The average Bonchev–Trinajstić information content (AvgIpc) is 2.59. The van der Waals surface area contributed by atoms with Crippen LogP contribution in [0.1, 0.15) is 40.0 Å². The maximum atomic E-state index is 12.8. The van der Waals surface area contributed by atoms with Crippen molar-refractivity contribution < 1.29 is 25.6 Å². The van der Waals surface area contributed by atoms with Crippen molar-refractivity contribution in [3.8, 4) is 0 Å². The van der Waals surface area contributed by atoms with E-state index in [1.165, 1.54) is 6.92 Å². The van der Waals surface area contributed by atoms with Crippen molar-refractivity contribution in [2.24, 2.45) is 5.92 Å². The molecule has 1 aliphatic heterocycles. The van der Waals surface area contributed by atoms with Crippen LogP contribution in [0.2, 0.25) is 0 Å². The molecule has 1 fully saturated rings. The van der Waals surface area contributed by atoms with Gasteiger partial charge in [-0.25, -0.2) is 8.42 Å². The third kappa shape index (κ3) is 6.75. The van der Waals surface area contributed by atoms with E-state index < -0.39 is 10.0 Å². The lowest BCUT2D eigenvalue weighted by Gasteiger charge is -2.36. The number of piperidine rings is 1. The molecule has 1 amide bonds. The molecule has 1 heterocycles. The van der Waals surface area contributed by atoms with Gasteiger partial charge in [0, 0.05) is 31.7 Å². The molecule has 0 spiro atoms. The number of carbonyl (C=O) groups is 1. The number of anilines is 1. The maximum Gasteiger partial charge on any atom is 0.243 e. The second-order valence-electron chi connectivity index (χ2n) is 7.50. The van der Waals surface area contributed by atoms with Crippen LogP contribution in [0, 0.1) is 5.92 Å². The first-order valence-electron chi connectivity index (χ1n) is 9.28. The van der Waals surface area contributed by atoms with Crippen molar-refractivity contribution in [3.63, 3.8) is 0 Å². The Morgan fingerprint density at radius 1 is 1.22 bits per heavy atom. The number of sulfonamides is 1. The van der Waals surface area contributed by atoms with Gasteiger partial charge in [-0.15, -0.1) is 0 Å². The van der Waals surface area contributed by atoms with Crippen molar-refractivity contribution in [3.05, 3.63) is 24.3 Å². The summed E-state index contributed by atoms with van der Waals surface area (Å²) in [5, 5.41) is 2.65. The van der Waals surface area contributed by atoms with Crippen LogP contribution in [-0.4, -0.2) is 56.3 Å². The number of nitrogens with one attached hydrogen (secondary N) is 1. The second-order valence-corrected chi connectivity index (χ2v) is 9.44. The van der Waals surface area contributed by atoms with Crippen molar-refractivity contribution in [1.82, 2.24) is 9.21 Å². The fourth-order valence-electron chi connectivity index (χ4n) is 3.23. The highest BCUT2D eigenvalue weighted by molar-refractivity contribution is 7.89. The standard InChI is InChI=1S/C19H31N3O3S.ClH/c1-15(2)9-12-21(4)18-10-13-22(14-11-18)26(24,25)19-7-5-17(6-8-19)20-16(3)23;/h5-8,15,18H,9-14H2,1-4H3,(H,20,23);1H/p-1. The summed E-state index contributed by atoms with van der Waals surface area (Å²) >= 11 is 0. The lowest BCUT2D eigenvalue weighted by Crippen LogP contribution is -3.00. The molecule has 27 heavy (non-hydrogen) atoms. The Bertz CT molecular complexity index is 699. The largest absolute Gasteiger partial charge is 1.00 e. The van der Waals surface area contributed by atoms with Gasteiger partial charge >= 0.3 is 0 Å². The third-order valence-corrected chi connectivity index (χ3v) is 6.83. The van der Waals surface area contributed by atoms with Crippen LogP contribution in [0.5, 0.6) is 0 Å². The first-order chi connectivity index (χ1) is 12.2. The summed E-state index contributed by atoms with van der Waals surface area (Å²) < 4.78 is 27.3. The monoisotopic (exact) mass is 416 g/mol. The topological polar surface area (TPSA) is 69.7 Å². The van der Waals surface area contributed by atoms with Gasteiger partial charge in [-0.3, -0.25) is 4.79 Å². The van der Waals surface area contributed by atoms with Crippen molar-refractivity contribution >= 4 is 21.6 Å². The summed E-state index contributed by atoms with van der Waals surface area (Å²) in [6, 6.07) is 6.81. The minimum absolute atomic E-state index is 0. The fraction of sp³-hybridized carbons (Fsp3) is 0.632. The number of carbonyl (C=O) groups excluding carboxylic acids is 1. The fourth-order valence-corrected chi connectivity index (χ4v) is 4.70. The molecule has 154 valence electrons. The van der Waals surface area contributed by atoms with Crippen molar-refractivity contribution in [2.75, 3.05) is 32.0 Å². The van der Waals surface area contributed by atoms with Crippen molar-refractivity contribution in [1.29, 1.82) is 0 Å². The van der Waals surface area contributed by atoms with E-state index in [0.29, 0.717) is 30.7 Å². The lowest BCUT2D eigenvalue weighted by atomic mass is 10.0. The minimum Gasteiger partial charge on any atom is -1.00 e. The number of halogens is 1. The van der Waals surface area contributed by atoms with Crippen LogP contribution in [0.25, 0.3) is 0 Å². The number of hydrogen-bond donors (Lipinski definition) is 1.